The highest BCUT2D eigenvalue weighted by atomic mass is 16.1. The zero-order valence-corrected chi connectivity index (χ0v) is 10.9. The molecular weight excluding hydrogens is 216 g/mol. The van der Waals surface area contributed by atoms with Gasteiger partial charge in [0.1, 0.15) is 0 Å². The zero-order chi connectivity index (χ0) is 12.9. The van der Waals surface area contributed by atoms with E-state index >= 15 is 0 Å². The number of hydrogen-bond acceptors (Lipinski definition) is 4. The molecule has 0 aliphatic carbocycles. The lowest BCUT2D eigenvalue weighted by atomic mass is 9.92. The molecule has 0 amide bonds. The Morgan fingerprint density at radius 3 is 2.71 bits per heavy atom. The van der Waals surface area contributed by atoms with Crippen molar-refractivity contribution in [3.05, 3.63) is 22.6 Å². The van der Waals surface area contributed by atoms with Crippen LogP contribution in [0, 0.1) is 5.41 Å². The van der Waals surface area contributed by atoms with Crippen molar-refractivity contribution >= 4 is 5.69 Å². The highest BCUT2D eigenvalue weighted by Gasteiger charge is 2.10. The van der Waals surface area contributed by atoms with E-state index in [1.54, 1.807) is 12.3 Å². The highest BCUT2D eigenvalue weighted by Crippen LogP contribution is 2.18. The maximum absolute atomic E-state index is 11.7. The van der Waals surface area contributed by atoms with Gasteiger partial charge < -0.3 is 11.1 Å². The molecule has 1 heterocycles. The van der Waals surface area contributed by atoms with Crippen LogP contribution < -0.4 is 16.6 Å². The lowest BCUT2D eigenvalue weighted by Crippen LogP contribution is -2.25. The molecule has 0 aliphatic heterocycles. The van der Waals surface area contributed by atoms with E-state index in [1.807, 2.05) is 0 Å². The van der Waals surface area contributed by atoms with Crippen molar-refractivity contribution in [3.63, 3.8) is 0 Å². The average molecular weight is 238 g/mol. The van der Waals surface area contributed by atoms with E-state index in [0.717, 1.165) is 12.1 Å². The first kappa shape index (κ1) is 13.7. The minimum Gasteiger partial charge on any atom is -0.382 e. The fourth-order valence-corrected chi connectivity index (χ4v) is 1.36. The quantitative estimate of drug-likeness (QED) is 0.804. The van der Waals surface area contributed by atoms with Crippen molar-refractivity contribution in [1.29, 1.82) is 0 Å². The minimum absolute atomic E-state index is 0.0729. The number of rotatable bonds is 5. The molecule has 0 fully saturated rings. The van der Waals surface area contributed by atoms with Crippen molar-refractivity contribution in [2.24, 2.45) is 11.1 Å². The number of aromatic nitrogens is 2. The zero-order valence-electron chi connectivity index (χ0n) is 10.9. The summed E-state index contributed by atoms with van der Waals surface area (Å²) < 4.78 is 1.50. The largest absolute Gasteiger partial charge is 0.382 e. The normalized spacial score (nSPS) is 11.5. The molecule has 0 saturated heterocycles. The van der Waals surface area contributed by atoms with E-state index in [2.05, 4.69) is 31.2 Å². The van der Waals surface area contributed by atoms with Crippen LogP contribution in [-0.2, 0) is 6.54 Å². The summed E-state index contributed by atoms with van der Waals surface area (Å²) in [6, 6.07) is 1.56. The van der Waals surface area contributed by atoms with Gasteiger partial charge in [0.25, 0.3) is 5.56 Å². The van der Waals surface area contributed by atoms with Gasteiger partial charge in [0, 0.05) is 25.7 Å². The molecule has 5 nitrogen and oxygen atoms in total. The number of aryl methyl sites for hydroxylation is 1. The first-order valence-corrected chi connectivity index (χ1v) is 5.93. The number of anilines is 1. The van der Waals surface area contributed by atoms with Gasteiger partial charge in [0.15, 0.2) is 0 Å². The average Bonchev–Trinajstić information content (AvgIpc) is 2.23. The fourth-order valence-electron chi connectivity index (χ4n) is 1.36. The second-order valence-corrected chi connectivity index (χ2v) is 5.33. The lowest BCUT2D eigenvalue weighted by Gasteiger charge is -2.18. The molecule has 0 aliphatic rings. The summed E-state index contributed by atoms with van der Waals surface area (Å²) in [5, 5.41) is 7.17. The van der Waals surface area contributed by atoms with Crippen LogP contribution in [0.2, 0.25) is 0 Å². The third kappa shape index (κ3) is 4.99. The van der Waals surface area contributed by atoms with E-state index in [-0.39, 0.29) is 11.0 Å². The molecule has 0 aromatic carbocycles. The Morgan fingerprint density at radius 1 is 1.47 bits per heavy atom. The van der Waals surface area contributed by atoms with Crippen LogP contribution in [0.15, 0.2) is 17.1 Å². The predicted octanol–water partition coefficient (Wildman–Crippen LogP) is 1.05. The van der Waals surface area contributed by atoms with E-state index in [0.29, 0.717) is 19.6 Å². The van der Waals surface area contributed by atoms with Gasteiger partial charge in [-0.25, -0.2) is 4.68 Å². The van der Waals surface area contributed by atoms with Crippen LogP contribution >= 0.6 is 0 Å². The van der Waals surface area contributed by atoms with Gasteiger partial charge in [-0.3, -0.25) is 4.79 Å². The molecular formula is C12H22N4O. The SMILES string of the molecule is CC(C)(C)CCn1ncc(NCCN)cc1=O. The molecule has 0 atom stereocenters. The first-order valence-electron chi connectivity index (χ1n) is 5.93. The second-order valence-electron chi connectivity index (χ2n) is 5.33. The summed E-state index contributed by atoms with van der Waals surface area (Å²) in [6.07, 6.45) is 2.59. The van der Waals surface area contributed by atoms with Gasteiger partial charge in [-0.2, -0.15) is 5.10 Å². The smallest absolute Gasteiger partial charge is 0.268 e. The summed E-state index contributed by atoms with van der Waals surface area (Å²) in [6.45, 7) is 8.28. The van der Waals surface area contributed by atoms with E-state index < -0.39 is 0 Å². The van der Waals surface area contributed by atoms with Gasteiger partial charge in [-0.15, -0.1) is 0 Å². The van der Waals surface area contributed by atoms with Crippen molar-refractivity contribution in [2.75, 3.05) is 18.4 Å². The Kier molecular flexibility index (Phi) is 4.69. The van der Waals surface area contributed by atoms with Crippen LogP contribution in [-0.4, -0.2) is 22.9 Å². The van der Waals surface area contributed by atoms with Crippen LogP contribution in [0.5, 0.6) is 0 Å². The fraction of sp³-hybridized carbons (Fsp3) is 0.667. The second kappa shape index (κ2) is 5.82. The molecule has 0 bridgehead atoms. The van der Waals surface area contributed by atoms with Crippen LogP contribution in [0.4, 0.5) is 5.69 Å². The van der Waals surface area contributed by atoms with E-state index in [4.69, 9.17) is 5.73 Å². The lowest BCUT2D eigenvalue weighted by molar-refractivity contribution is 0.336. The van der Waals surface area contributed by atoms with Crippen LogP contribution in [0.3, 0.4) is 0 Å². The highest BCUT2D eigenvalue weighted by molar-refractivity contribution is 5.38. The van der Waals surface area contributed by atoms with Crippen LogP contribution in [0.1, 0.15) is 27.2 Å². The van der Waals surface area contributed by atoms with Gasteiger partial charge >= 0.3 is 0 Å². The first-order chi connectivity index (χ1) is 7.92. The van der Waals surface area contributed by atoms with Crippen LogP contribution in [0.25, 0.3) is 0 Å². The summed E-state index contributed by atoms with van der Waals surface area (Å²) in [4.78, 5) is 11.7. The van der Waals surface area contributed by atoms with E-state index in [1.165, 1.54) is 4.68 Å². The molecule has 0 spiro atoms. The third-order valence-corrected chi connectivity index (χ3v) is 2.42. The topological polar surface area (TPSA) is 72.9 Å². The Morgan fingerprint density at radius 2 is 2.18 bits per heavy atom. The predicted molar refractivity (Wildman–Crippen MR) is 70.1 cm³/mol. The maximum atomic E-state index is 11.7. The molecule has 5 heteroatoms. The summed E-state index contributed by atoms with van der Waals surface area (Å²) in [5.74, 6) is 0. The van der Waals surface area contributed by atoms with E-state index in [9.17, 15) is 4.79 Å². The number of nitrogens with two attached hydrogens (primary N) is 1. The molecule has 1 rings (SSSR count). The van der Waals surface area contributed by atoms with Crippen molar-refractivity contribution in [3.8, 4) is 0 Å². The summed E-state index contributed by atoms with van der Waals surface area (Å²) in [5.41, 5.74) is 6.24. The maximum Gasteiger partial charge on any atom is 0.268 e. The molecule has 0 radical (unpaired) electrons. The molecule has 1 aromatic rings. The Hall–Kier alpha value is -1.36. The molecule has 3 N–H and O–H groups in total. The van der Waals surface area contributed by atoms with Crippen molar-refractivity contribution in [1.82, 2.24) is 9.78 Å². The molecule has 17 heavy (non-hydrogen) atoms. The monoisotopic (exact) mass is 238 g/mol. The molecule has 96 valence electrons. The molecule has 0 unspecified atom stereocenters. The third-order valence-electron chi connectivity index (χ3n) is 2.42. The molecule has 1 aromatic heterocycles. The van der Waals surface area contributed by atoms with Crippen molar-refractivity contribution < 1.29 is 0 Å². The minimum atomic E-state index is -0.0729. The summed E-state index contributed by atoms with van der Waals surface area (Å²) >= 11 is 0. The van der Waals surface area contributed by atoms with Gasteiger partial charge in [0.05, 0.1) is 11.9 Å². The van der Waals surface area contributed by atoms with Crippen molar-refractivity contribution in [2.45, 2.75) is 33.7 Å². The standard InChI is InChI=1S/C12H22N4O/c1-12(2,3)4-7-16-11(17)8-10(9-15-16)14-6-5-13/h8-9,14H,4-7,13H2,1-3H3. The Balaban J connectivity index is 2.66. The van der Waals surface area contributed by atoms with Gasteiger partial charge in [0.2, 0.25) is 0 Å². The summed E-state index contributed by atoms with van der Waals surface area (Å²) in [7, 11) is 0. The Labute approximate surface area is 102 Å². The number of nitrogens with zero attached hydrogens (tertiary/aromatic N) is 2. The Bertz CT molecular complexity index is 406. The molecule has 0 saturated carbocycles. The van der Waals surface area contributed by atoms with Gasteiger partial charge in [-0.05, 0) is 11.8 Å². The number of nitrogens with one attached hydrogen (secondary N) is 1. The number of hydrogen-bond donors (Lipinski definition) is 2. The van der Waals surface area contributed by atoms with Gasteiger partial charge in [-0.1, -0.05) is 20.8 Å².